The number of amides is 2. The number of hydrogen-bond acceptors (Lipinski definition) is 5. The number of urea groups is 1. The average Bonchev–Trinajstić information content (AvgIpc) is 3.37. The number of benzene rings is 3. The van der Waals surface area contributed by atoms with Gasteiger partial charge in [-0.05, 0) is 47.5 Å². The molecule has 1 aliphatic rings. The molecule has 0 bridgehead atoms. The van der Waals surface area contributed by atoms with Crippen molar-refractivity contribution in [2.24, 2.45) is 5.16 Å². The maximum atomic E-state index is 13.3. The number of oxime groups is 1. The molecule has 2 amide bonds. The van der Waals surface area contributed by atoms with Crippen molar-refractivity contribution in [3.05, 3.63) is 89.5 Å². The smallest absolute Gasteiger partial charge is 0.416 e. The number of methoxy groups -OCH3 is 1. The van der Waals surface area contributed by atoms with Crippen LogP contribution in [0.1, 0.15) is 23.1 Å². The molecule has 10 heteroatoms. The van der Waals surface area contributed by atoms with E-state index in [-0.39, 0.29) is 13.1 Å². The van der Waals surface area contributed by atoms with Crippen LogP contribution in [-0.4, -0.2) is 50.5 Å². The zero-order valence-corrected chi connectivity index (χ0v) is 21.3. The Morgan fingerprint density at radius 1 is 1.05 bits per heavy atom. The number of nitrogens with one attached hydrogen (secondary N) is 1. The third-order valence-corrected chi connectivity index (χ3v) is 6.16. The van der Waals surface area contributed by atoms with Gasteiger partial charge in [-0.15, -0.1) is 0 Å². The average molecular weight is 527 g/mol. The van der Waals surface area contributed by atoms with E-state index in [1.165, 1.54) is 24.1 Å². The Balaban J connectivity index is 1.49. The van der Waals surface area contributed by atoms with Crippen LogP contribution in [0.5, 0.6) is 5.75 Å². The van der Waals surface area contributed by atoms with E-state index >= 15 is 0 Å². The van der Waals surface area contributed by atoms with E-state index in [2.05, 4.69) is 10.5 Å². The third kappa shape index (κ3) is 6.56. The SMILES string of the molecule is COc1ccccc1NC(=O)N(Cc1ccc(C(F)(F)F)cc1)C[C@@H]1CC(c2ccc(N(C)C)cc2)=NO1. The van der Waals surface area contributed by atoms with Gasteiger partial charge in [-0.3, -0.25) is 0 Å². The molecule has 38 heavy (non-hydrogen) atoms. The van der Waals surface area contributed by atoms with E-state index in [1.807, 2.05) is 43.3 Å². The van der Waals surface area contributed by atoms with E-state index in [0.29, 0.717) is 23.4 Å². The first kappa shape index (κ1) is 26.8. The number of halogens is 3. The largest absolute Gasteiger partial charge is 0.495 e. The summed E-state index contributed by atoms with van der Waals surface area (Å²) in [6.07, 6.45) is -4.38. The highest BCUT2D eigenvalue weighted by atomic mass is 19.4. The summed E-state index contributed by atoms with van der Waals surface area (Å²) >= 11 is 0. The lowest BCUT2D eigenvalue weighted by Crippen LogP contribution is -2.40. The number of hydrogen-bond donors (Lipinski definition) is 1. The molecule has 0 unspecified atom stereocenters. The summed E-state index contributed by atoms with van der Waals surface area (Å²) in [5, 5.41) is 7.07. The number of carbonyl (C=O) groups excluding carboxylic acids is 1. The lowest BCUT2D eigenvalue weighted by Gasteiger charge is -2.26. The normalized spacial score (nSPS) is 14.9. The van der Waals surface area contributed by atoms with Gasteiger partial charge < -0.3 is 24.7 Å². The molecular formula is C28H29F3N4O3. The number of alkyl halides is 3. The minimum Gasteiger partial charge on any atom is -0.495 e. The Morgan fingerprint density at radius 2 is 1.74 bits per heavy atom. The zero-order valence-electron chi connectivity index (χ0n) is 21.3. The van der Waals surface area contributed by atoms with E-state index in [0.717, 1.165) is 29.1 Å². The fourth-order valence-corrected chi connectivity index (χ4v) is 4.08. The molecule has 0 aliphatic carbocycles. The van der Waals surface area contributed by atoms with Gasteiger partial charge >= 0.3 is 12.2 Å². The lowest BCUT2D eigenvalue weighted by atomic mass is 10.0. The Labute approximate surface area is 219 Å². The lowest BCUT2D eigenvalue weighted by molar-refractivity contribution is -0.137. The van der Waals surface area contributed by atoms with Crippen molar-refractivity contribution < 1.29 is 27.5 Å². The van der Waals surface area contributed by atoms with E-state index in [4.69, 9.17) is 9.57 Å². The minimum atomic E-state index is -4.43. The number of rotatable bonds is 8. The maximum absolute atomic E-state index is 13.3. The van der Waals surface area contributed by atoms with Crippen LogP contribution in [0.4, 0.5) is 29.3 Å². The van der Waals surface area contributed by atoms with Crippen LogP contribution in [0.25, 0.3) is 0 Å². The van der Waals surface area contributed by atoms with Crippen molar-refractivity contribution in [1.29, 1.82) is 0 Å². The number of ether oxygens (including phenoxy) is 1. The second-order valence-corrected chi connectivity index (χ2v) is 9.12. The molecule has 0 radical (unpaired) electrons. The summed E-state index contributed by atoms with van der Waals surface area (Å²) in [6, 6.07) is 19.2. The first-order chi connectivity index (χ1) is 18.1. The fraction of sp³-hybridized carbons (Fsp3) is 0.286. The number of nitrogens with zero attached hydrogens (tertiary/aromatic N) is 3. The van der Waals surface area contributed by atoms with Crippen molar-refractivity contribution in [3.8, 4) is 5.75 Å². The van der Waals surface area contributed by atoms with Crippen LogP contribution in [0.3, 0.4) is 0 Å². The molecule has 1 aliphatic heterocycles. The van der Waals surface area contributed by atoms with Gasteiger partial charge in [0.2, 0.25) is 0 Å². The highest BCUT2D eigenvalue weighted by Gasteiger charge is 2.31. The number of anilines is 2. The Kier molecular flexibility index (Phi) is 8.09. The van der Waals surface area contributed by atoms with Crippen molar-refractivity contribution in [1.82, 2.24) is 4.90 Å². The minimum absolute atomic E-state index is 0.0752. The van der Waals surface area contributed by atoms with Crippen LogP contribution < -0.4 is 15.0 Å². The fourth-order valence-electron chi connectivity index (χ4n) is 4.08. The zero-order chi connectivity index (χ0) is 27.3. The molecule has 0 aromatic heterocycles. The molecule has 3 aromatic rings. The summed E-state index contributed by atoms with van der Waals surface area (Å²) in [5.74, 6) is 0.485. The molecule has 3 aromatic carbocycles. The molecule has 0 saturated heterocycles. The predicted molar refractivity (Wildman–Crippen MR) is 141 cm³/mol. The summed E-state index contributed by atoms with van der Waals surface area (Å²) < 4.78 is 44.4. The second kappa shape index (κ2) is 11.5. The van der Waals surface area contributed by atoms with Crippen LogP contribution in [-0.2, 0) is 17.6 Å². The molecular weight excluding hydrogens is 497 g/mol. The third-order valence-electron chi connectivity index (χ3n) is 6.16. The Morgan fingerprint density at radius 3 is 2.37 bits per heavy atom. The van der Waals surface area contributed by atoms with Crippen LogP contribution in [0.2, 0.25) is 0 Å². The molecule has 1 N–H and O–H groups in total. The van der Waals surface area contributed by atoms with Crippen LogP contribution in [0, 0.1) is 0 Å². The quantitative estimate of drug-likeness (QED) is 0.391. The molecule has 1 atom stereocenters. The molecule has 0 spiro atoms. The second-order valence-electron chi connectivity index (χ2n) is 9.12. The van der Waals surface area contributed by atoms with Gasteiger partial charge in [0.15, 0.2) is 6.10 Å². The van der Waals surface area contributed by atoms with E-state index < -0.39 is 23.9 Å². The van der Waals surface area contributed by atoms with Crippen molar-refractivity contribution >= 4 is 23.1 Å². The molecule has 4 rings (SSSR count). The van der Waals surface area contributed by atoms with Gasteiger partial charge in [0.05, 0.1) is 30.6 Å². The summed E-state index contributed by atoms with van der Waals surface area (Å²) in [5.41, 5.74) is 3.02. The van der Waals surface area contributed by atoms with Crippen LogP contribution >= 0.6 is 0 Å². The van der Waals surface area contributed by atoms with Gasteiger partial charge in [0, 0.05) is 32.7 Å². The van der Waals surface area contributed by atoms with E-state index in [1.54, 1.807) is 24.3 Å². The summed E-state index contributed by atoms with van der Waals surface area (Å²) in [6.45, 7) is 0.247. The predicted octanol–water partition coefficient (Wildman–Crippen LogP) is 6.01. The van der Waals surface area contributed by atoms with Gasteiger partial charge in [-0.2, -0.15) is 13.2 Å². The Hall–Kier alpha value is -4.21. The summed E-state index contributed by atoms with van der Waals surface area (Å²) in [7, 11) is 5.42. The number of carbonyl (C=O) groups is 1. The van der Waals surface area contributed by atoms with Gasteiger partial charge in [-0.25, -0.2) is 4.79 Å². The van der Waals surface area contributed by atoms with Crippen molar-refractivity contribution in [3.63, 3.8) is 0 Å². The van der Waals surface area contributed by atoms with Crippen molar-refractivity contribution in [2.75, 3.05) is 38.0 Å². The molecule has 7 nitrogen and oxygen atoms in total. The monoisotopic (exact) mass is 526 g/mol. The molecule has 200 valence electrons. The molecule has 0 saturated carbocycles. The van der Waals surface area contributed by atoms with Gasteiger partial charge in [-0.1, -0.05) is 41.6 Å². The number of para-hydroxylation sites is 2. The maximum Gasteiger partial charge on any atom is 0.416 e. The topological polar surface area (TPSA) is 66.4 Å². The molecule has 0 fully saturated rings. The molecule has 1 heterocycles. The first-order valence-corrected chi connectivity index (χ1v) is 12.0. The van der Waals surface area contributed by atoms with Crippen molar-refractivity contribution in [2.45, 2.75) is 25.2 Å². The highest BCUT2D eigenvalue weighted by Crippen LogP contribution is 2.30. The highest BCUT2D eigenvalue weighted by molar-refractivity contribution is 6.01. The first-order valence-electron chi connectivity index (χ1n) is 12.0. The summed E-state index contributed by atoms with van der Waals surface area (Å²) in [4.78, 5) is 22.5. The Bertz CT molecular complexity index is 1280. The van der Waals surface area contributed by atoms with Crippen LogP contribution in [0.15, 0.2) is 78.0 Å². The van der Waals surface area contributed by atoms with Gasteiger partial charge in [0.1, 0.15) is 5.75 Å². The van der Waals surface area contributed by atoms with Gasteiger partial charge in [0.25, 0.3) is 0 Å². The van der Waals surface area contributed by atoms with E-state index in [9.17, 15) is 18.0 Å². The standard InChI is InChI=1S/C28H29F3N4O3/c1-34(2)22-14-10-20(11-15-22)25-16-23(38-33-25)18-35(17-19-8-12-21(13-9-19)28(29,30)31)27(36)32-24-6-4-5-7-26(24)37-3/h4-15,23H,16-18H2,1-3H3,(H,32,36)/t23-/m0/s1.